The van der Waals surface area contributed by atoms with E-state index in [9.17, 15) is 40.9 Å². The third-order valence-electron chi connectivity index (χ3n) is 5.35. The van der Waals surface area contributed by atoms with Crippen molar-refractivity contribution in [1.29, 1.82) is 0 Å². The zero-order valence-electron chi connectivity index (χ0n) is 18.1. The molecular weight excluding hydrogens is 481 g/mol. The molecule has 3 rings (SSSR count). The number of hydrogen-bond acceptors (Lipinski definition) is 3. The molecule has 0 aromatic heterocycles. The van der Waals surface area contributed by atoms with Gasteiger partial charge in [-0.15, -0.1) is 0 Å². The maximum absolute atomic E-state index is 13.4. The Labute approximate surface area is 196 Å². The molecular formula is C25H21F7O3. The Morgan fingerprint density at radius 1 is 0.829 bits per heavy atom. The van der Waals surface area contributed by atoms with Crippen LogP contribution >= 0.6 is 0 Å². The van der Waals surface area contributed by atoms with Crippen LogP contribution in [-0.4, -0.2) is 35.0 Å². The average Bonchev–Trinajstić information content (AvgIpc) is 2.79. The van der Waals surface area contributed by atoms with Crippen molar-refractivity contribution in [3.63, 3.8) is 0 Å². The van der Waals surface area contributed by atoms with Crippen molar-refractivity contribution in [3.8, 4) is 16.9 Å². The van der Waals surface area contributed by atoms with Crippen LogP contribution in [0.15, 0.2) is 66.7 Å². The first-order valence-electron chi connectivity index (χ1n) is 10.4. The predicted molar refractivity (Wildman–Crippen MR) is 114 cm³/mol. The molecule has 10 heteroatoms. The number of benzene rings is 3. The van der Waals surface area contributed by atoms with Gasteiger partial charge in [0, 0.05) is 6.42 Å². The molecule has 0 heterocycles. The first-order chi connectivity index (χ1) is 16.4. The number of halogens is 7. The molecule has 1 unspecified atom stereocenters. The summed E-state index contributed by atoms with van der Waals surface area (Å²) in [5.41, 5.74) is 1.91. The van der Waals surface area contributed by atoms with Crippen molar-refractivity contribution in [3.05, 3.63) is 89.0 Å². The molecule has 0 saturated carbocycles. The van der Waals surface area contributed by atoms with Crippen LogP contribution < -0.4 is 4.74 Å². The maximum atomic E-state index is 13.4. The van der Waals surface area contributed by atoms with E-state index in [-0.39, 0.29) is 23.1 Å². The van der Waals surface area contributed by atoms with Gasteiger partial charge in [0.05, 0.1) is 6.61 Å². The van der Waals surface area contributed by atoms with Gasteiger partial charge in [0.2, 0.25) is 0 Å². The Bertz CT molecular complexity index is 1130. The summed E-state index contributed by atoms with van der Waals surface area (Å²) in [6.45, 7) is -0.605. The molecule has 0 aliphatic carbocycles. The molecule has 0 fully saturated rings. The van der Waals surface area contributed by atoms with Gasteiger partial charge in [-0.3, -0.25) is 0 Å². The van der Waals surface area contributed by atoms with Gasteiger partial charge in [0.15, 0.2) is 6.10 Å². The molecule has 0 bridgehead atoms. The van der Waals surface area contributed by atoms with Gasteiger partial charge in [-0.25, -0.2) is 0 Å². The van der Waals surface area contributed by atoms with Gasteiger partial charge in [0.25, 0.3) is 0 Å². The molecule has 3 nitrogen and oxygen atoms in total. The third kappa shape index (κ3) is 6.52. The quantitative estimate of drug-likeness (QED) is 0.346. The molecule has 188 valence electrons. The molecule has 1 atom stereocenters. The number of aliphatic hydroxyl groups is 2. The van der Waals surface area contributed by atoms with E-state index >= 15 is 0 Å². The lowest BCUT2D eigenvalue weighted by Crippen LogP contribution is -2.33. The summed E-state index contributed by atoms with van der Waals surface area (Å²) in [6.07, 6.45) is -17.4. The van der Waals surface area contributed by atoms with Crippen LogP contribution in [0.25, 0.3) is 11.1 Å². The summed E-state index contributed by atoms with van der Waals surface area (Å²) in [4.78, 5) is 0. The molecule has 0 radical (unpaired) electrons. The lowest BCUT2D eigenvalue weighted by atomic mass is 9.86. The fourth-order valence-corrected chi connectivity index (χ4v) is 3.67. The van der Waals surface area contributed by atoms with Crippen LogP contribution in [0, 0.1) is 0 Å². The largest absolute Gasteiger partial charge is 0.461 e. The standard InChI is InChI=1S/C25H21F7O3/c26-23(27)25(31,32)35-18-8-4-5-15(11-18)12-21-19(16-6-2-1-3-7-16)10-9-17(14-33)20(21)13-22(34)24(28,29)30/h1-11,22-23,33-34H,12-14H2. The van der Waals surface area contributed by atoms with E-state index in [0.717, 1.165) is 12.1 Å². The van der Waals surface area contributed by atoms with Gasteiger partial charge in [-0.2, -0.15) is 30.7 Å². The number of rotatable bonds is 9. The molecule has 35 heavy (non-hydrogen) atoms. The SMILES string of the molecule is OCc1ccc(-c2ccccc2)c(Cc2cccc(OC(F)(F)C(F)F)c2)c1CC(O)C(F)(F)F. The van der Waals surface area contributed by atoms with Gasteiger partial charge in [-0.1, -0.05) is 54.6 Å². The Kier molecular flexibility index (Phi) is 8.07. The van der Waals surface area contributed by atoms with Gasteiger partial charge in [0.1, 0.15) is 5.75 Å². The Morgan fingerprint density at radius 3 is 2.11 bits per heavy atom. The molecule has 3 aromatic rings. The van der Waals surface area contributed by atoms with Gasteiger partial charge in [-0.05, 0) is 51.9 Å². The van der Waals surface area contributed by atoms with Crippen LogP contribution in [0.2, 0.25) is 0 Å². The van der Waals surface area contributed by atoms with Crippen molar-refractivity contribution in [2.24, 2.45) is 0 Å². The second-order valence-corrected chi connectivity index (χ2v) is 7.80. The average molecular weight is 502 g/mol. The number of aliphatic hydroxyl groups excluding tert-OH is 2. The Balaban J connectivity index is 2.11. The summed E-state index contributed by atoms with van der Waals surface area (Å²) >= 11 is 0. The second-order valence-electron chi connectivity index (χ2n) is 7.80. The predicted octanol–water partition coefficient (Wildman–Crippen LogP) is 6.14. The highest BCUT2D eigenvalue weighted by Gasteiger charge is 2.44. The lowest BCUT2D eigenvalue weighted by molar-refractivity contribution is -0.253. The number of alkyl halides is 7. The molecule has 0 aliphatic rings. The van der Waals surface area contributed by atoms with Crippen LogP contribution in [0.4, 0.5) is 30.7 Å². The monoisotopic (exact) mass is 502 g/mol. The van der Waals surface area contributed by atoms with Crippen LogP contribution in [0.1, 0.15) is 22.3 Å². The Hall–Kier alpha value is -3.11. The minimum Gasteiger partial charge on any atom is -0.428 e. The summed E-state index contributed by atoms with van der Waals surface area (Å²) in [6, 6.07) is 16.5. The zero-order chi connectivity index (χ0) is 25.8. The summed E-state index contributed by atoms with van der Waals surface area (Å²) in [5, 5.41) is 19.5. The fraction of sp³-hybridized carbons (Fsp3) is 0.280. The first-order valence-corrected chi connectivity index (χ1v) is 10.4. The van der Waals surface area contributed by atoms with E-state index in [1.54, 1.807) is 36.4 Å². The van der Waals surface area contributed by atoms with Crippen molar-refractivity contribution in [1.82, 2.24) is 0 Å². The Morgan fingerprint density at radius 2 is 1.51 bits per heavy atom. The van der Waals surface area contributed by atoms with E-state index in [4.69, 9.17) is 0 Å². The lowest BCUT2D eigenvalue weighted by Gasteiger charge is -2.22. The molecule has 2 N–H and O–H groups in total. The van der Waals surface area contributed by atoms with E-state index < -0.39 is 43.6 Å². The van der Waals surface area contributed by atoms with Crippen LogP contribution in [0.5, 0.6) is 5.75 Å². The van der Waals surface area contributed by atoms with Gasteiger partial charge >= 0.3 is 18.7 Å². The first kappa shape index (κ1) is 26.5. The topological polar surface area (TPSA) is 49.7 Å². The normalized spacial score (nSPS) is 13.2. The van der Waals surface area contributed by atoms with E-state index in [0.29, 0.717) is 16.7 Å². The zero-order valence-corrected chi connectivity index (χ0v) is 18.1. The minimum absolute atomic E-state index is 0.0444. The minimum atomic E-state index is -4.92. The fourth-order valence-electron chi connectivity index (χ4n) is 3.67. The van der Waals surface area contributed by atoms with E-state index in [1.807, 2.05) is 0 Å². The van der Waals surface area contributed by atoms with E-state index in [2.05, 4.69) is 4.74 Å². The molecule has 3 aromatic carbocycles. The molecule has 0 amide bonds. The second kappa shape index (κ2) is 10.7. The number of hydrogen-bond donors (Lipinski definition) is 2. The smallest absolute Gasteiger partial charge is 0.428 e. The van der Waals surface area contributed by atoms with Gasteiger partial charge < -0.3 is 14.9 Å². The van der Waals surface area contributed by atoms with Crippen molar-refractivity contribution in [2.75, 3.05) is 0 Å². The molecule has 0 spiro atoms. The van der Waals surface area contributed by atoms with Crippen LogP contribution in [0.3, 0.4) is 0 Å². The maximum Gasteiger partial charge on any atom is 0.461 e. The highest BCUT2D eigenvalue weighted by Crippen LogP contribution is 2.35. The summed E-state index contributed by atoms with van der Waals surface area (Å²) in [7, 11) is 0. The summed E-state index contributed by atoms with van der Waals surface area (Å²) < 4.78 is 95.4. The van der Waals surface area contributed by atoms with E-state index in [1.165, 1.54) is 18.2 Å². The highest BCUT2D eigenvalue weighted by atomic mass is 19.4. The van der Waals surface area contributed by atoms with Crippen molar-refractivity contribution < 1.29 is 45.7 Å². The third-order valence-corrected chi connectivity index (χ3v) is 5.35. The summed E-state index contributed by atoms with van der Waals surface area (Å²) in [5.74, 6) is -0.552. The van der Waals surface area contributed by atoms with Crippen LogP contribution in [-0.2, 0) is 19.4 Å². The number of ether oxygens (including phenoxy) is 1. The molecule has 0 aliphatic heterocycles. The molecule has 0 saturated heterocycles. The highest BCUT2D eigenvalue weighted by molar-refractivity contribution is 5.70. The van der Waals surface area contributed by atoms with Crippen molar-refractivity contribution in [2.45, 2.75) is 44.3 Å². The van der Waals surface area contributed by atoms with Crippen molar-refractivity contribution >= 4 is 0 Å².